The van der Waals surface area contributed by atoms with Crippen molar-refractivity contribution in [2.45, 2.75) is 18.6 Å². The van der Waals surface area contributed by atoms with E-state index in [0.717, 1.165) is 5.56 Å². The van der Waals surface area contributed by atoms with E-state index in [1.807, 2.05) is 12.1 Å². The van der Waals surface area contributed by atoms with Crippen LogP contribution in [0, 0.1) is 5.82 Å². The van der Waals surface area contributed by atoms with E-state index in [1.54, 1.807) is 19.2 Å². The zero-order valence-corrected chi connectivity index (χ0v) is 12.2. The summed E-state index contributed by atoms with van der Waals surface area (Å²) in [5.41, 5.74) is 7.60. The maximum atomic E-state index is 13.3. The standard InChI is InChI=1S/C16H15ClFNO2/c1-20-14-4-2-3-11(17)16(14)15-8-12(19)10-7-9(18)5-6-13(10)21-15/h2-7,12,15H,8,19H2,1H3. The maximum Gasteiger partial charge on any atom is 0.131 e. The van der Waals surface area contributed by atoms with Crippen molar-refractivity contribution in [3.63, 3.8) is 0 Å². The molecular weight excluding hydrogens is 293 g/mol. The number of ether oxygens (including phenoxy) is 2. The van der Waals surface area contributed by atoms with Gasteiger partial charge in [0.05, 0.1) is 17.7 Å². The Labute approximate surface area is 127 Å². The highest BCUT2D eigenvalue weighted by atomic mass is 35.5. The summed E-state index contributed by atoms with van der Waals surface area (Å²) in [7, 11) is 1.58. The Morgan fingerprint density at radius 3 is 2.90 bits per heavy atom. The van der Waals surface area contributed by atoms with Crippen molar-refractivity contribution >= 4 is 11.6 Å². The quantitative estimate of drug-likeness (QED) is 0.911. The van der Waals surface area contributed by atoms with Crippen LogP contribution >= 0.6 is 11.6 Å². The maximum absolute atomic E-state index is 13.3. The first-order valence-corrected chi connectivity index (χ1v) is 7.02. The minimum atomic E-state index is -0.318. The van der Waals surface area contributed by atoms with Crippen LogP contribution in [0.15, 0.2) is 36.4 Å². The van der Waals surface area contributed by atoms with Gasteiger partial charge in [-0.05, 0) is 30.3 Å². The van der Waals surface area contributed by atoms with Crippen LogP contribution in [0.4, 0.5) is 4.39 Å². The van der Waals surface area contributed by atoms with Gasteiger partial charge in [-0.15, -0.1) is 0 Å². The molecule has 2 atom stereocenters. The normalized spacial score (nSPS) is 20.6. The minimum absolute atomic E-state index is 0.310. The van der Waals surface area contributed by atoms with Crippen molar-refractivity contribution in [1.82, 2.24) is 0 Å². The second-order valence-electron chi connectivity index (χ2n) is 4.99. The van der Waals surface area contributed by atoms with Crippen molar-refractivity contribution in [2.75, 3.05) is 7.11 Å². The molecule has 0 aliphatic carbocycles. The van der Waals surface area contributed by atoms with Crippen molar-refractivity contribution in [2.24, 2.45) is 5.73 Å². The Balaban J connectivity index is 2.02. The summed E-state index contributed by atoms with van der Waals surface area (Å²) in [4.78, 5) is 0. The van der Waals surface area contributed by atoms with Gasteiger partial charge in [-0.1, -0.05) is 17.7 Å². The van der Waals surface area contributed by atoms with E-state index in [1.165, 1.54) is 12.1 Å². The van der Waals surface area contributed by atoms with Gasteiger partial charge in [-0.3, -0.25) is 0 Å². The Bertz CT molecular complexity index is 677. The van der Waals surface area contributed by atoms with Crippen LogP contribution in [0.5, 0.6) is 11.5 Å². The molecule has 3 rings (SSSR count). The molecule has 2 unspecified atom stereocenters. The van der Waals surface area contributed by atoms with Gasteiger partial charge in [0.15, 0.2) is 0 Å². The van der Waals surface area contributed by atoms with E-state index in [0.29, 0.717) is 28.5 Å². The number of halogens is 2. The average molecular weight is 308 g/mol. The number of hydrogen-bond acceptors (Lipinski definition) is 3. The van der Waals surface area contributed by atoms with E-state index in [-0.39, 0.29) is 18.0 Å². The second-order valence-corrected chi connectivity index (χ2v) is 5.39. The van der Waals surface area contributed by atoms with Gasteiger partial charge >= 0.3 is 0 Å². The molecule has 2 aromatic carbocycles. The number of rotatable bonds is 2. The van der Waals surface area contributed by atoms with Gasteiger partial charge in [-0.2, -0.15) is 0 Å². The zero-order valence-electron chi connectivity index (χ0n) is 11.5. The number of nitrogens with two attached hydrogens (primary N) is 1. The third-order valence-electron chi connectivity index (χ3n) is 3.66. The molecule has 1 aliphatic rings. The lowest BCUT2D eigenvalue weighted by molar-refractivity contribution is 0.157. The summed E-state index contributed by atoms with van der Waals surface area (Å²) in [6, 6.07) is 9.50. The fourth-order valence-corrected chi connectivity index (χ4v) is 2.95. The average Bonchev–Trinajstić information content (AvgIpc) is 2.47. The lowest BCUT2D eigenvalue weighted by Gasteiger charge is -2.31. The molecule has 0 saturated heterocycles. The molecule has 1 aliphatic heterocycles. The predicted octanol–water partition coefficient (Wildman–Crippen LogP) is 4.01. The number of methoxy groups -OCH3 is 1. The van der Waals surface area contributed by atoms with Gasteiger partial charge in [-0.25, -0.2) is 4.39 Å². The Kier molecular flexibility index (Phi) is 3.74. The van der Waals surface area contributed by atoms with Gasteiger partial charge in [0, 0.05) is 18.0 Å². The number of benzene rings is 2. The van der Waals surface area contributed by atoms with Crippen LogP contribution in [0.1, 0.15) is 29.7 Å². The first-order valence-electron chi connectivity index (χ1n) is 6.64. The predicted molar refractivity (Wildman–Crippen MR) is 79.3 cm³/mol. The lowest BCUT2D eigenvalue weighted by Crippen LogP contribution is -2.24. The van der Waals surface area contributed by atoms with Gasteiger partial charge < -0.3 is 15.2 Å². The smallest absolute Gasteiger partial charge is 0.131 e. The Hall–Kier alpha value is -1.78. The molecule has 21 heavy (non-hydrogen) atoms. The molecule has 3 nitrogen and oxygen atoms in total. The first-order chi connectivity index (χ1) is 10.1. The molecule has 0 amide bonds. The molecule has 0 radical (unpaired) electrons. The largest absolute Gasteiger partial charge is 0.496 e. The Morgan fingerprint density at radius 2 is 2.14 bits per heavy atom. The summed E-state index contributed by atoms with van der Waals surface area (Å²) in [6.45, 7) is 0. The Morgan fingerprint density at radius 1 is 1.33 bits per heavy atom. The van der Waals surface area contributed by atoms with E-state index >= 15 is 0 Å². The second kappa shape index (κ2) is 5.54. The van der Waals surface area contributed by atoms with Crippen molar-refractivity contribution in [3.05, 3.63) is 58.4 Å². The van der Waals surface area contributed by atoms with Crippen LogP contribution in [-0.4, -0.2) is 7.11 Å². The highest BCUT2D eigenvalue weighted by molar-refractivity contribution is 6.31. The highest BCUT2D eigenvalue weighted by Gasteiger charge is 2.30. The fourth-order valence-electron chi connectivity index (χ4n) is 2.66. The van der Waals surface area contributed by atoms with Crippen molar-refractivity contribution in [3.8, 4) is 11.5 Å². The van der Waals surface area contributed by atoms with E-state index in [9.17, 15) is 4.39 Å². The van der Waals surface area contributed by atoms with E-state index in [4.69, 9.17) is 26.8 Å². The summed E-state index contributed by atoms with van der Waals surface area (Å²) in [5, 5.41) is 0.567. The summed E-state index contributed by atoms with van der Waals surface area (Å²) in [6.07, 6.45) is 0.193. The SMILES string of the molecule is COc1cccc(Cl)c1C1CC(N)c2cc(F)ccc2O1. The molecule has 0 bridgehead atoms. The molecule has 0 spiro atoms. The van der Waals surface area contributed by atoms with Crippen LogP contribution in [0.25, 0.3) is 0 Å². The van der Waals surface area contributed by atoms with E-state index < -0.39 is 0 Å². The first kappa shape index (κ1) is 14.2. The fraction of sp³-hybridized carbons (Fsp3) is 0.250. The molecule has 2 aromatic rings. The van der Waals surface area contributed by atoms with Crippen LogP contribution in [0.2, 0.25) is 5.02 Å². The number of fused-ring (bicyclic) bond motifs is 1. The highest BCUT2D eigenvalue weighted by Crippen LogP contribution is 2.44. The van der Waals surface area contributed by atoms with Gasteiger partial charge in [0.1, 0.15) is 23.4 Å². The molecule has 2 N–H and O–H groups in total. The van der Waals surface area contributed by atoms with Crippen molar-refractivity contribution in [1.29, 1.82) is 0 Å². The summed E-state index contributed by atoms with van der Waals surface area (Å²) in [5.74, 6) is 0.925. The van der Waals surface area contributed by atoms with E-state index in [2.05, 4.69) is 0 Å². The molecule has 1 heterocycles. The van der Waals surface area contributed by atoms with Gasteiger partial charge in [0.2, 0.25) is 0 Å². The lowest BCUT2D eigenvalue weighted by atomic mass is 9.93. The molecule has 0 aromatic heterocycles. The van der Waals surface area contributed by atoms with Crippen LogP contribution in [0.3, 0.4) is 0 Å². The summed E-state index contributed by atoms with van der Waals surface area (Å²) < 4.78 is 24.6. The molecule has 0 fully saturated rings. The monoisotopic (exact) mass is 307 g/mol. The molecule has 110 valence electrons. The summed E-state index contributed by atoms with van der Waals surface area (Å²) >= 11 is 6.28. The van der Waals surface area contributed by atoms with Crippen molar-refractivity contribution < 1.29 is 13.9 Å². The zero-order chi connectivity index (χ0) is 15.0. The molecule has 0 saturated carbocycles. The van der Waals surface area contributed by atoms with Crippen LogP contribution in [-0.2, 0) is 0 Å². The number of hydrogen-bond donors (Lipinski definition) is 1. The topological polar surface area (TPSA) is 44.5 Å². The molecule has 5 heteroatoms. The van der Waals surface area contributed by atoms with Crippen LogP contribution < -0.4 is 15.2 Å². The molecular formula is C16H15ClFNO2. The minimum Gasteiger partial charge on any atom is -0.496 e. The third kappa shape index (κ3) is 2.57. The van der Waals surface area contributed by atoms with Gasteiger partial charge in [0.25, 0.3) is 0 Å². The third-order valence-corrected chi connectivity index (χ3v) is 3.99.